The normalized spacial score (nSPS) is 22.9. The molecule has 0 heterocycles. The van der Waals surface area contributed by atoms with Gasteiger partial charge < -0.3 is 9.80 Å². The zero-order valence-electron chi connectivity index (χ0n) is 27.8. The Bertz CT molecular complexity index is 2070. The van der Waals surface area contributed by atoms with Crippen molar-refractivity contribution >= 4 is 39.1 Å². The number of fused-ring (bicyclic) bond motifs is 2. The summed E-state index contributed by atoms with van der Waals surface area (Å²) in [5, 5.41) is 2.49. The van der Waals surface area contributed by atoms with E-state index in [2.05, 4.69) is 200 Å². The van der Waals surface area contributed by atoms with Crippen LogP contribution in [0.15, 0.2) is 182 Å². The minimum Gasteiger partial charge on any atom is -0.338 e. The Labute approximate surface area is 285 Å². The van der Waals surface area contributed by atoms with E-state index in [1.54, 1.807) is 0 Å². The molecule has 236 valence electrons. The molecule has 3 aliphatic carbocycles. The maximum absolute atomic E-state index is 2.60. The van der Waals surface area contributed by atoms with Gasteiger partial charge in [-0.15, -0.1) is 0 Å². The zero-order chi connectivity index (χ0) is 32.5. The van der Waals surface area contributed by atoms with Crippen molar-refractivity contribution in [2.24, 2.45) is 17.3 Å². The van der Waals surface area contributed by atoms with E-state index in [-0.39, 0.29) is 11.5 Å². The number of rotatable bonds is 7. The van der Waals surface area contributed by atoms with Crippen molar-refractivity contribution in [1.29, 1.82) is 0 Å². The molecule has 5 aromatic carbocycles. The number of hydrogen-bond donors (Lipinski definition) is 0. The van der Waals surface area contributed by atoms with E-state index in [1.807, 2.05) is 0 Å². The molecule has 4 unspecified atom stereocenters. The molecule has 8 rings (SSSR count). The van der Waals surface area contributed by atoms with Crippen LogP contribution < -0.4 is 9.80 Å². The van der Waals surface area contributed by atoms with Gasteiger partial charge in [-0.25, -0.2) is 0 Å². The average molecular weight is 623 g/mol. The van der Waals surface area contributed by atoms with Gasteiger partial charge in [0.15, 0.2) is 0 Å². The van der Waals surface area contributed by atoms with Gasteiger partial charge in [0.2, 0.25) is 0 Å². The molecule has 0 N–H and O–H groups in total. The zero-order valence-corrected chi connectivity index (χ0v) is 27.8. The summed E-state index contributed by atoms with van der Waals surface area (Å²) in [5.41, 5.74) is 8.70. The van der Waals surface area contributed by atoms with E-state index in [0.29, 0.717) is 11.8 Å². The first-order valence-corrected chi connectivity index (χ1v) is 17.3. The smallest absolute Gasteiger partial charge is 0.0582 e. The first-order valence-electron chi connectivity index (χ1n) is 17.3. The van der Waals surface area contributed by atoms with E-state index in [0.717, 1.165) is 23.5 Å². The van der Waals surface area contributed by atoms with Crippen molar-refractivity contribution in [2.75, 3.05) is 9.80 Å². The molecular formula is C46H42N2. The number of hydrogen-bond acceptors (Lipinski definition) is 2. The lowest BCUT2D eigenvalue weighted by atomic mass is 9.68. The van der Waals surface area contributed by atoms with Gasteiger partial charge in [0, 0.05) is 33.9 Å². The van der Waals surface area contributed by atoms with E-state index < -0.39 is 0 Å². The summed E-state index contributed by atoms with van der Waals surface area (Å²) in [4.78, 5) is 4.95. The molecule has 0 bridgehead atoms. The minimum atomic E-state index is 0.0558. The highest BCUT2D eigenvalue weighted by Gasteiger charge is 2.36. The van der Waals surface area contributed by atoms with Crippen LogP contribution >= 0.6 is 0 Å². The molecule has 4 atom stereocenters. The van der Waals surface area contributed by atoms with Gasteiger partial charge >= 0.3 is 0 Å². The molecule has 0 saturated heterocycles. The van der Waals surface area contributed by atoms with Crippen molar-refractivity contribution in [3.8, 4) is 0 Å². The predicted octanol–water partition coefficient (Wildman–Crippen LogP) is 12.2. The minimum absolute atomic E-state index is 0.0558. The van der Waals surface area contributed by atoms with Crippen LogP contribution in [0.3, 0.4) is 0 Å². The standard InChI is InChI=1S/C46H42N2/c1-34-31-38(23-29-45(34)48(41-18-7-4-8-19-41)44-28-24-39-15-11-12-30-46(39,2)33-44)36-20-25-42(26-21-36)47(40-16-5-3-6-17-40)43-27-22-35-13-9-10-14-37(35)32-43/h3-23,25-27,29-34,39,45H,24,28H2,1-2H3. The fourth-order valence-corrected chi connectivity index (χ4v) is 7.87. The van der Waals surface area contributed by atoms with Crippen molar-refractivity contribution in [3.63, 3.8) is 0 Å². The summed E-state index contributed by atoms with van der Waals surface area (Å²) in [6.07, 6.45) is 21.2. The fourth-order valence-electron chi connectivity index (χ4n) is 7.87. The highest BCUT2D eigenvalue weighted by atomic mass is 15.2. The van der Waals surface area contributed by atoms with Crippen molar-refractivity contribution in [3.05, 3.63) is 187 Å². The molecule has 3 aliphatic rings. The quantitative estimate of drug-likeness (QED) is 0.178. The summed E-state index contributed by atoms with van der Waals surface area (Å²) >= 11 is 0. The molecule has 0 spiro atoms. The second-order valence-electron chi connectivity index (χ2n) is 13.7. The lowest BCUT2D eigenvalue weighted by molar-refractivity contribution is 0.338. The highest BCUT2D eigenvalue weighted by molar-refractivity contribution is 5.89. The first-order chi connectivity index (χ1) is 23.6. The monoisotopic (exact) mass is 622 g/mol. The van der Waals surface area contributed by atoms with Gasteiger partial charge in [0.05, 0.1) is 6.04 Å². The Morgan fingerprint density at radius 2 is 1.31 bits per heavy atom. The Hall–Kier alpha value is -5.34. The largest absolute Gasteiger partial charge is 0.338 e. The van der Waals surface area contributed by atoms with Crippen LogP contribution in [-0.2, 0) is 0 Å². The lowest BCUT2D eigenvalue weighted by Gasteiger charge is -2.44. The van der Waals surface area contributed by atoms with Gasteiger partial charge in [-0.05, 0) is 95.1 Å². The van der Waals surface area contributed by atoms with E-state index >= 15 is 0 Å². The SMILES string of the molecule is CC1C=C(c2ccc(N(c3ccccc3)c3ccc4ccccc4c3)cc2)C=CC1N(C1=CC2(C)C=CC=CC2CC1)c1ccccc1. The van der Waals surface area contributed by atoms with Gasteiger partial charge in [0.25, 0.3) is 0 Å². The molecule has 0 amide bonds. The average Bonchev–Trinajstić information content (AvgIpc) is 3.13. The van der Waals surface area contributed by atoms with Gasteiger partial charge in [-0.1, -0.05) is 141 Å². The molecule has 2 nitrogen and oxygen atoms in total. The summed E-state index contributed by atoms with van der Waals surface area (Å²) < 4.78 is 0. The van der Waals surface area contributed by atoms with E-state index in [4.69, 9.17) is 0 Å². The summed E-state index contributed by atoms with van der Waals surface area (Å²) in [5.74, 6) is 0.897. The predicted molar refractivity (Wildman–Crippen MR) is 205 cm³/mol. The second-order valence-corrected chi connectivity index (χ2v) is 13.7. The molecule has 48 heavy (non-hydrogen) atoms. The molecule has 2 heteroatoms. The third kappa shape index (κ3) is 5.73. The van der Waals surface area contributed by atoms with Crippen molar-refractivity contribution in [2.45, 2.75) is 32.7 Å². The second kappa shape index (κ2) is 12.7. The van der Waals surface area contributed by atoms with Crippen LogP contribution in [0.2, 0.25) is 0 Å². The van der Waals surface area contributed by atoms with Crippen LogP contribution in [0.25, 0.3) is 16.3 Å². The summed E-state index contributed by atoms with van der Waals surface area (Å²) in [6, 6.07) is 46.2. The first kappa shape index (κ1) is 30.0. The molecule has 0 aromatic heterocycles. The summed E-state index contributed by atoms with van der Waals surface area (Å²) in [7, 11) is 0. The fraction of sp³-hybridized carbons (Fsp3) is 0.174. The van der Waals surface area contributed by atoms with Crippen LogP contribution in [0, 0.1) is 17.3 Å². The number of anilines is 4. The van der Waals surface area contributed by atoms with Crippen LogP contribution in [0.1, 0.15) is 32.3 Å². The number of nitrogens with zero attached hydrogens (tertiary/aromatic N) is 2. The molecule has 0 fully saturated rings. The van der Waals surface area contributed by atoms with E-state index in [9.17, 15) is 0 Å². The summed E-state index contributed by atoms with van der Waals surface area (Å²) in [6.45, 7) is 4.76. The van der Waals surface area contributed by atoms with Crippen LogP contribution in [0.4, 0.5) is 22.7 Å². The third-order valence-electron chi connectivity index (χ3n) is 10.5. The topological polar surface area (TPSA) is 6.48 Å². The molecule has 5 aromatic rings. The van der Waals surface area contributed by atoms with Crippen molar-refractivity contribution < 1.29 is 0 Å². The number of para-hydroxylation sites is 2. The number of allylic oxidation sites excluding steroid dienone is 8. The molecule has 0 aliphatic heterocycles. The van der Waals surface area contributed by atoms with Gasteiger partial charge in [0.1, 0.15) is 0 Å². The molecule has 0 radical (unpaired) electrons. The van der Waals surface area contributed by atoms with Gasteiger partial charge in [-0.2, -0.15) is 0 Å². The molecular weight excluding hydrogens is 581 g/mol. The maximum Gasteiger partial charge on any atom is 0.0582 e. The molecule has 0 saturated carbocycles. The Balaban J connectivity index is 1.09. The number of benzene rings is 5. The van der Waals surface area contributed by atoms with E-state index in [1.165, 1.54) is 39.7 Å². The highest BCUT2D eigenvalue weighted by Crippen LogP contribution is 2.46. The maximum atomic E-state index is 2.60. The van der Waals surface area contributed by atoms with Crippen molar-refractivity contribution in [1.82, 2.24) is 0 Å². The Kier molecular flexibility index (Phi) is 7.94. The van der Waals surface area contributed by atoms with Crippen LogP contribution in [-0.4, -0.2) is 6.04 Å². The Morgan fingerprint density at radius 3 is 2.06 bits per heavy atom. The van der Waals surface area contributed by atoms with Gasteiger partial charge in [-0.3, -0.25) is 0 Å². The third-order valence-corrected chi connectivity index (χ3v) is 10.5. The van der Waals surface area contributed by atoms with Crippen LogP contribution in [0.5, 0.6) is 0 Å². The Morgan fingerprint density at radius 1 is 0.646 bits per heavy atom. The lowest BCUT2D eigenvalue weighted by Crippen LogP contribution is -2.41.